The predicted molar refractivity (Wildman–Crippen MR) is 57.8 cm³/mol. The highest BCUT2D eigenvalue weighted by Gasteiger charge is 2.58. The molecule has 2 atom stereocenters. The van der Waals surface area contributed by atoms with Crippen LogP contribution in [0.5, 0.6) is 0 Å². The fraction of sp³-hybridized carbons (Fsp3) is 0.900. The smallest absolute Gasteiger partial charge is 0.287 e. The standard InChI is InChI=1S/C10H13F7OS/c1-2-8(18)19-4-3-6(11)7(12)5-9(13,14)10(15,16)17/h6-7H,2-5H2,1H3. The van der Waals surface area contributed by atoms with Gasteiger partial charge in [-0.1, -0.05) is 18.7 Å². The van der Waals surface area contributed by atoms with Crippen molar-refractivity contribution in [2.75, 3.05) is 5.75 Å². The summed E-state index contributed by atoms with van der Waals surface area (Å²) in [5.74, 6) is -5.42. The molecule has 0 saturated heterocycles. The molecule has 0 N–H and O–H groups in total. The molecule has 0 fully saturated rings. The van der Waals surface area contributed by atoms with E-state index in [9.17, 15) is 35.5 Å². The van der Waals surface area contributed by atoms with Crippen molar-refractivity contribution >= 4 is 16.9 Å². The van der Waals surface area contributed by atoms with Crippen LogP contribution in [0.2, 0.25) is 0 Å². The highest BCUT2D eigenvalue weighted by atomic mass is 32.2. The van der Waals surface area contributed by atoms with Crippen molar-refractivity contribution in [1.82, 2.24) is 0 Å². The first-order valence-electron chi connectivity index (χ1n) is 5.39. The highest BCUT2D eigenvalue weighted by molar-refractivity contribution is 8.13. The van der Waals surface area contributed by atoms with Crippen LogP contribution in [-0.2, 0) is 4.79 Å². The monoisotopic (exact) mass is 314 g/mol. The number of halogens is 7. The van der Waals surface area contributed by atoms with Crippen molar-refractivity contribution in [2.45, 2.75) is 50.6 Å². The number of hydrogen-bond donors (Lipinski definition) is 0. The van der Waals surface area contributed by atoms with Gasteiger partial charge in [0.15, 0.2) is 5.12 Å². The summed E-state index contributed by atoms with van der Waals surface area (Å²) in [6.07, 6.45) is -13.9. The Morgan fingerprint density at radius 3 is 2.05 bits per heavy atom. The van der Waals surface area contributed by atoms with Crippen LogP contribution in [0.3, 0.4) is 0 Å². The number of thioether (sulfide) groups is 1. The quantitative estimate of drug-likeness (QED) is 0.651. The first-order chi connectivity index (χ1) is 8.51. The van der Waals surface area contributed by atoms with Gasteiger partial charge in [0, 0.05) is 12.2 Å². The zero-order valence-corrected chi connectivity index (χ0v) is 10.8. The molecule has 0 aliphatic rings. The van der Waals surface area contributed by atoms with Crippen LogP contribution in [0.15, 0.2) is 0 Å². The molecule has 1 nitrogen and oxygen atoms in total. The summed E-state index contributed by atoms with van der Waals surface area (Å²) >= 11 is 0.690. The fourth-order valence-electron chi connectivity index (χ4n) is 1.06. The van der Waals surface area contributed by atoms with Crippen LogP contribution in [-0.4, -0.2) is 35.3 Å². The number of carbonyl (C=O) groups is 1. The molecule has 19 heavy (non-hydrogen) atoms. The number of alkyl halides is 7. The molecule has 9 heteroatoms. The van der Waals surface area contributed by atoms with Crippen molar-refractivity contribution in [3.8, 4) is 0 Å². The summed E-state index contributed by atoms with van der Waals surface area (Å²) in [6, 6.07) is 0. The van der Waals surface area contributed by atoms with E-state index >= 15 is 0 Å². The van der Waals surface area contributed by atoms with E-state index in [1.807, 2.05) is 0 Å². The van der Waals surface area contributed by atoms with Gasteiger partial charge >= 0.3 is 12.1 Å². The summed E-state index contributed by atoms with van der Waals surface area (Å²) in [5, 5.41) is -0.289. The summed E-state index contributed by atoms with van der Waals surface area (Å²) in [5.41, 5.74) is 0. The molecule has 0 rings (SSSR count). The Morgan fingerprint density at radius 2 is 1.63 bits per heavy atom. The Morgan fingerprint density at radius 1 is 1.11 bits per heavy atom. The van der Waals surface area contributed by atoms with E-state index < -0.39 is 37.3 Å². The van der Waals surface area contributed by atoms with Gasteiger partial charge in [0.1, 0.15) is 12.3 Å². The zero-order chi connectivity index (χ0) is 15.3. The van der Waals surface area contributed by atoms with Gasteiger partial charge in [-0.3, -0.25) is 4.79 Å². The Balaban J connectivity index is 4.20. The third-order valence-corrected chi connectivity index (χ3v) is 3.25. The highest BCUT2D eigenvalue weighted by Crippen LogP contribution is 2.40. The van der Waals surface area contributed by atoms with Crippen LogP contribution < -0.4 is 0 Å². The summed E-state index contributed by atoms with van der Waals surface area (Å²) in [6.45, 7) is 1.55. The van der Waals surface area contributed by atoms with Crippen molar-refractivity contribution in [3.05, 3.63) is 0 Å². The molecule has 0 saturated carbocycles. The zero-order valence-electron chi connectivity index (χ0n) is 9.95. The van der Waals surface area contributed by atoms with Gasteiger partial charge in [-0.15, -0.1) is 0 Å². The Bertz CT molecular complexity index is 292. The lowest BCUT2D eigenvalue weighted by Gasteiger charge is -2.22. The van der Waals surface area contributed by atoms with Crippen molar-refractivity contribution < 1.29 is 35.5 Å². The molecule has 2 unspecified atom stereocenters. The number of hydrogen-bond acceptors (Lipinski definition) is 2. The lowest BCUT2D eigenvalue weighted by atomic mass is 10.1. The summed E-state index contributed by atoms with van der Waals surface area (Å²) < 4.78 is 86.3. The van der Waals surface area contributed by atoms with E-state index in [4.69, 9.17) is 0 Å². The minimum atomic E-state index is -5.90. The molecule has 0 amide bonds. The lowest BCUT2D eigenvalue weighted by molar-refractivity contribution is -0.289. The molecule has 0 aromatic carbocycles. The Hall–Kier alpha value is -0.470. The second-order valence-electron chi connectivity index (χ2n) is 3.80. The second-order valence-corrected chi connectivity index (χ2v) is 4.95. The maximum Gasteiger partial charge on any atom is 0.453 e. The van der Waals surface area contributed by atoms with Crippen LogP contribution >= 0.6 is 11.8 Å². The summed E-state index contributed by atoms with van der Waals surface area (Å²) in [7, 11) is 0. The molecule has 0 bridgehead atoms. The van der Waals surface area contributed by atoms with Gasteiger partial charge in [0.2, 0.25) is 0 Å². The first-order valence-corrected chi connectivity index (χ1v) is 6.38. The topological polar surface area (TPSA) is 17.1 Å². The Labute approximate surface area is 109 Å². The second kappa shape index (κ2) is 7.35. The van der Waals surface area contributed by atoms with Gasteiger partial charge in [-0.2, -0.15) is 22.0 Å². The van der Waals surface area contributed by atoms with Crippen LogP contribution in [0.1, 0.15) is 26.2 Å². The molecule has 0 aliphatic carbocycles. The molecule has 0 aromatic heterocycles. The van der Waals surface area contributed by atoms with Gasteiger partial charge in [0.25, 0.3) is 0 Å². The van der Waals surface area contributed by atoms with Gasteiger partial charge in [0.05, 0.1) is 6.42 Å². The SMILES string of the molecule is CCC(=O)SCCC(F)C(F)CC(F)(F)C(F)(F)F. The lowest BCUT2D eigenvalue weighted by Crippen LogP contribution is -2.40. The van der Waals surface area contributed by atoms with E-state index in [1.165, 1.54) is 0 Å². The van der Waals surface area contributed by atoms with E-state index in [1.54, 1.807) is 6.92 Å². The number of carbonyl (C=O) groups excluding carboxylic acids is 1. The normalized spacial score (nSPS) is 16.2. The van der Waals surface area contributed by atoms with E-state index in [0.717, 1.165) is 0 Å². The largest absolute Gasteiger partial charge is 0.453 e. The molecule has 0 radical (unpaired) electrons. The Kier molecular flexibility index (Phi) is 7.17. The van der Waals surface area contributed by atoms with E-state index in [2.05, 4.69) is 0 Å². The predicted octanol–water partition coefficient (Wildman–Crippen LogP) is 4.31. The number of rotatable bonds is 7. The third-order valence-electron chi connectivity index (χ3n) is 2.20. The average Bonchev–Trinajstić information content (AvgIpc) is 2.26. The van der Waals surface area contributed by atoms with Crippen LogP contribution in [0.4, 0.5) is 30.7 Å². The molecule has 0 aliphatic heterocycles. The van der Waals surface area contributed by atoms with Crippen molar-refractivity contribution in [3.63, 3.8) is 0 Å². The van der Waals surface area contributed by atoms with E-state index in [-0.39, 0.29) is 17.3 Å². The van der Waals surface area contributed by atoms with Crippen LogP contribution in [0, 0.1) is 0 Å². The fourth-order valence-corrected chi connectivity index (χ4v) is 1.83. The van der Waals surface area contributed by atoms with Crippen molar-refractivity contribution in [1.29, 1.82) is 0 Å². The molecule has 114 valence electrons. The maximum atomic E-state index is 13.1. The minimum absolute atomic E-state index is 0.161. The molecule has 0 heterocycles. The van der Waals surface area contributed by atoms with E-state index in [0.29, 0.717) is 11.8 Å². The van der Waals surface area contributed by atoms with Crippen molar-refractivity contribution in [2.24, 2.45) is 0 Å². The third kappa shape index (κ3) is 6.49. The summed E-state index contributed by atoms with van der Waals surface area (Å²) in [4.78, 5) is 10.8. The average molecular weight is 314 g/mol. The van der Waals surface area contributed by atoms with Gasteiger partial charge in [-0.05, 0) is 6.42 Å². The molecular formula is C10H13F7OS. The van der Waals surface area contributed by atoms with Gasteiger partial charge < -0.3 is 0 Å². The van der Waals surface area contributed by atoms with Gasteiger partial charge in [-0.25, -0.2) is 8.78 Å². The molecule has 0 aromatic rings. The molecule has 0 spiro atoms. The minimum Gasteiger partial charge on any atom is -0.287 e. The molecular weight excluding hydrogens is 301 g/mol. The maximum absolute atomic E-state index is 13.1. The first kappa shape index (κ1) is 18.5. The van der Waals surface area contributed by atoms with Crippen LogP contribution in [0.25, 0.3) is 0 Å².